The van der Waals surface area contributed by atoms with Crippen LogP contribution in [0.25, 0.3) is 10.8 Å². The lowest BCUT2D eigenvalue weighted by atomic mass is 9.96. The van der Waals surface area contributed by atoms with Crippen LogP contribution in [-0.4, -0.2) is 13.4 Å². The van der Waals surface area contributed by atoms with E-state index in [1.54, 1.807) is 7.11 Å². The molecule has 0 radical (unpaired) electrons. The molecule has 0 heterocycles. The maximum absolute atomic E-state index is 10.5. The van der Waals surface area contributed by atoms with Crippen LogP contribution in [0.4, 0.5) is 0 Å². The van der Waals surface area contributed by atoms with Gasteiger partial charge in [-0.25, -0.2) is 0 Å². The van der Waals surface area contributed by atoms with Gasteiger partial charge in [-0.05, 0) is 34.4 Å². The number of methoxy groups -OCH3 is 1. The maximum atomic E-state index is 10.5. The van der Waals surface area contributed by atoms with Crippen molar-refractivity contribution >= 4 is 17.1 Å². The first-order valence-electron chi connectivity index (χ1n) is 5.76. The Morgan fingerprint density at radius 2 is 1.88 bits per heavy atom. The molecule has 2 aromatic carbocycles. The van der Waals surface area contributed by atoms with E-state index >= 15 is 0 Å². The predicted octanol–water partition coefficient (Wildman–Crippen LogP) is 3.54. The van der Waals surface area contributed by atoms with E-state index in [4.69, 9.17) is 4.74 Å². The molecule has 17 heavy (non-hydrogen) atoms. The Kier molecular flexibility index (Phi) is 3.43. The summed E-state index contributed by atoms with van der Waals surface area (Å²) in [6.45, 7) is 2.07. The Morgan fingerprint density at radius 3 is 2.59 bits per heavy atom. The summed E-state index contributed by atoms with van der Waals surface area (Å²) in [6, 6.07) is 12.3. The van der Waals surface area contributed by atoms with Gasteiger partial charge in [0.2, 0.25) is 0 Å². The van der Waals surface area contributed by atoms with Gasteiger partial charge >= 0.3 is 0 Å². The Balaban J connectivity index is 2.40. The van der Waals surface area contributed by atoms with Crippen LogP contribution < -0.4 is 4.74 Å². The Morgan fingerprint density at radius 1 is 1.18 bits per heavy atom. The van der Waals surface area contributed by atoms with Crippen LogP contribution in [0.2, 0.25) is 0 Å². The first kappa shape index (κ1) is 11.6. The summed E-state index contributed by atoms with van der Waals surface area (Å²) in [5, 5.41) is 2.34. The first-order chi connectivity index (χ1) is 8.24. The monoisotopic (exact) mass is 228 g/mol. The third kappa shape index (κ3) is 2.47. The molecule has 0 bridgehead atoms. The molecule has 0 N–H and O–H groups in total. The summed E-state index contributed by atoms with van der Waals surface area (Å²) in [4.78, 5) is 10.5. The van der Waals surface area contributed by atoms with Gasteiger partial charge in [0.25, 0.3) is 0 Å². The molecule has 2 heteroatoms. The van der Waals surface area contributed by atoms with Crippen molar-refractivity contribution in [1.82, 2.24) is 0 Å². The van der Waals surface area contributed by atoms with Crippen molar-refractivity contribution < 1.29 is 9.53 Å². The topological polar surface area (TPSA) is 26.3 Å². The van der Waals surface area contributed by atoms with Crippen molar-refractivity contribution in [3.05, 3.63) is 42.0 Å². The number of aldehydes is 1. The van der Waals surface area contributed by atoms with Crippen molar-refractivity contribution in [3.8, 4) is 5.75 Å². The van der Waals surface area contributed by atoms with Crippen LogP contribution in [0, 0.1) is 0 Å². The van der Waals surface area contributed by atoms with Crippen LogP contribution in [0.3, 0.4) is 0 Å². The molecule has 0 unspecified atom stereocenters. The molecule has 0 aliphatic heterocycles. The average Bonchev–Trinajstić information content (AvgIpc) is 2.37. The average molecular weight is 228 g/mol. The molecule has 0 aromatic heterocycles. The van der Waals surface area contributed by atoms with Crippen LogP contribution in [0.15, 0.2) is 36.4 Å². The second-order valence-corrected chi connectivity index (χ2v) is 4.28. The molecule has 0 amide bonds. The van der Waals surface area contributed by atoms with Gasteiger partial charge in [-0.3, -0.25) is 0 Å². The van der Waals surface area contributed by atoms with Crippen molar-refractivity contribution in [2.45, 2.75) is 19.3 Å². The molecule has 0 spiro atoms. The van der Waals surface area contributed by atoms with Crippen LogP contribution in [0.1, 0.15) is 24.8 Å². The highest BCUT2D eigenvalue weighted by Gasteiger charge is 2.05. The van der Waals surface area contributed by atoms with E-state index in [2.05, 4.69) is 25.1 Å². The Hall–Kier alpha value is -1.83. The molecular formula is C15H16O2. The summed E-state index contributed by atoms with van der Waals surface area (Å²) in [5.41, 5.74) is 1.20. The zero-order chi connectivity index (χ0) is 12.3. The molecule has 88 valence electrons. The molecule has 0 saturated heterocycles. The Labute approximate surface area is 101 Å². The van der Waals surface area contributed by atoms with Crippen molar-refractivity contribution in [2.75, 3.05) is 7.11 Å². The fraction of sp³-hybridized carbons (Fsp3) is 0.267. The lowest BCUT2D eigenvalue weighted by Crippen LogP contribution is -1.94. The van der Waals surface area contributed by atoms with E-state index in [1.165, 1.54) is 10.9 Å². The summed E-state index contributed by atoms with van der Waals surface area (Å²) in [5.74, 6) is 1.14. The van der Waals surface area contributed by atoms with E-state index in [0.29, 0.717) is 6.42 Å². The summed E-state index contributed by atoms with van der Waals surface area (Å²) in [6.07, 6.45) is 1.55. The van der Waals surface area contributed by atoms with Crippen LogP contribution in [-0.2, 0) is 4.79 Å². The number of hydrogen-bond acceptors (Lipinski definition) is 2. The van der Waals surface area contributed by atoms with Crippen molar-refractivity contribution in [3.63, 3.8) is 0 Å². The quantitative estimate of drug-likeness (QED) is 0.748. The fourth-order valence-corrected chi connectivity index (χ4v) is 1.96. The van der Waals surface area contributed by atoms with Crippen molar-refractivity contribution in [1.29, 1.82) is 0 Å². The molecule has 0 fully saturated rings. The van der Waals surface area contributed by atoms with E-state index in [9.17, 15) is 4.79 Å². The second kappa shape index (κ2) is 5.00. The zero-order valence-electron chi connectivity index (χ0n) is 10.1. The van der Waals surface area contributed by atoms with Gasteiger partial charge in [-0.1, -0.05) is 31.2 Å². The second-order valence-electron chi connectivity index (χ2n) is 4.28. The number of carbonyl (C=O) groups is 1. The smallest absolute Gasteiger partial charge is 0.120 e. The zero-order valence-corrected chi connectivity index (χ0v) is 10.1. The minimum absolute atomic E-state index is 0.277. The highest BCUT2D eigenvalue weighted by molar-refractivity contribution is 5.84. The molecule has 0 aliphatic carbocycles. The summed E-state index contributed by atoms with van der Waals surface area (Å²) in [7, 11) is 1.67. The van der Waals surface area contributed by atoms with Gasteiger partial charge in [-0.15, -0.1) is 0 Å². The largest absolute Gasteiger partial charge is 0.497 e. The lowest BCUT2D eigenvalue weighted by molar-refractivity contribution is -0.108. The van der Waals surface area contributed by atoms with Gasteiger partial charge in [0.15, 0.2) is 0 Å². The molecule has 2 nitrogen and oxygen atoms in total. The van der Waals surface area contributed by atoms with Gasteiger partial charge in [0.05, 0.1) is 7.11 Å². The number of rotatable bonds is 4. The number of carbonyl (C=O) groups excluding carboxylic acids is 1. The van der Waals surface area contributed by atoms with Crippen molar-refractivity contribution in [2.24, 2.45) is 0 Å². The predicted molar refractivity (Wildman–Crippen MR) is 69.6 cm³/mol. The minimum Gasteiger partial charge on any atom is -0.497 e. The molecule has 0 aliphatic rings. The normalized spacial score (nSPS) is 12.4. The molecule has 2 rings (SSSR count). The fourth-order valence-electron chi connectivity index (χ4n) is 1.96. The highest BCUT2D eigenvalue weighted by Crippen LogP contribution is 2.25. The number of benzene rings is 2. The van der Waals surface area contributed by atoms with Crippen LogP contribution in [0.5, 0.6) is 5.75 Å². The van der Waals surface area contributed by atoms with E-state index in [-0.39, 0.29) is 5.92 Å². The first-order valence-corrected chi connectivity index (χ1v) is 5.76. The summed E-state index contributed by atoms with van der Waals surface area (Å²) < 4.78 is 5.19. The van der Waals surface area contributed by atoms with E-state index in [0.717, 1.165) is 17.4 Å². The number of fused-ring (bicyclic) bond motifs is 1. The third-order valence-electron chi connectivity index (χ3n) is 3.09. The highest BCUT2D eigenvalue weighted by atomic mass is 16.5. The van der Waals surface area contributed by atoms with Crippen LogP contribution >= 0.6 is 0 Å². The molecule has 1 atom stereocenters. The van der Waals surface area contributed by atoms with E-state index < -0.39 is 0 Å². The maximum Gasteiger partial charge on any atom is 0.120 e. The van der Waals surface area contributed by atoms with E-state index in [1.807, 2.05) is 18.2 Å². The summed E-state index contributed by atoms with van der Waals surface area (Å²) >= 11 is 0. The molecule has 0 saturated carbocycles. The minimum atomic E-state index is 0.277. The lowest BCUT2D eigenvalue weighted by Gasteiger charge is -2.10. The SMILES string of the molecule is COc1ccc2cc([C@@H](C)CC=O)ccc2c1. The molecular weight excluding hydrogens is 212 g/mol. The third-order valence-corrected chi connectivity index (χ3v) is 3.09. The van der Waals surface area contributed by atoms with Gasteiger partial charge < -0.3 is 9.53 Å². The van der Waals surface area contributed by atoms with Gasteiger partial charge in [-0.2, -0.15) is 0 Å². The number of ether oxygens (including phenoxy) is 1. The Bertz CT molecular complexity index is 531. The standard InChI is InChI=1S/C15H16O2/c1-11(7-8-16)12-3-4-14-10-15(17-2)6-5-13(14)9-12/h3-6,8-11H,7H2,1-2H3/t11-/m0/s1. The molecule has 2 aromatic rings. The number of hydrogen-bond donors (Lipinski definition) is 0. The van der Waals surface area contributed by atoms with Gasteiger partial charge in [0, 0.05) is 6.42 Å². The van der Waals surface area contributed by atoms with Gasteiger partial charge in [0.1, 0.15) is 12.0 Å².